The zero-order chi connectivity index (χ0) is 16.4. The van der Waals surface area contributed by atoms with Crippen molar-refractivity contribution in [3.8, 4) is 11.3 Å². The molecule has 1 aromatic heterocycles. The predicted molar refractivity (Wildman–Crippen MR) is 101 cm³/mol. The van der Waals surface area contributed by atoms with E-state index < -0.39 is 0 Å². The molecule has 1 unspecified atom stereocenters. The van der Waals surface area contributed by atoms with Gasteiger partial charge in [-0.2, -0.15) is 0 Å². The lowest BCUT2D eigenvalue weighted by Crippen LogP contribution is -1.96. The number of rotatable bonds is 3. The Labute approximate surface area is 142 Å². The van der Waals surface area contributed by atoms with Crippen LogP contribution in [0.2, 0.25) is 0 Å². The molecule has 1 heterocycles. The van der Waals surface area contributed by atoms with Crippen LogP contribution in [0.3, 0.4) is 0 Å². The minimum atomic E-state index is 0.367. The molecule has 1 heteroatoms. The lowest BCUT2D eigenvalue weighted by Gasteiger charge is -2.14. The molecule has 116 valence electrons. The maximum Gasteiger partial charge on any atom is 0.0708 e. The summed E-state index contributed by atoms with van der Waals surface area (Å²) in [6, 6.07) is 29.9. The van der Waals surface area contributed by atoms with E-state index in [9.17, 15) is 0 Å². The van der Waals surface area contributed by atoms with Crippen LogP contribution in [-0.2, 0) is 0 Å². The highest BCUT2D eigenvalue weighted by atomic mass is 14.7. The molecule has 0 aliphatic heterocycles. The molecular formula is C23H19N. The van der Waals surface area contributed by atoms with Crippen LogP contribution in [0.5, 0.6) is 0 Å². The van der Waals surface area contributed by atoms with Gasteiger partial charge in [-0.15, -0.1) is 0 Å². The van der Waals surface area contributed by atoms with Gasteiger partial charge in [0.2, 0.25) is 0 Å². The highest BCUT2D eigenvalue weighted by Crippen LogP contribution is 2.28. The number of hydrogen-bond acceptors (Lipinski definition) is 1. The van der Waals surface area contributed by atoms with Gasteiger partial charge in [0, 0.05) is 23.1 Å². The van der Waals surface area contributed by atoms with Crippen molar-refractivity contribution >= 4 is 10.8 Å². The van der Waals surface area contributed by atoms with E-state index >= 15 is 0 Å². The second-order valence-corrected chi connectivity index (χ2v) is 6.17. The molecule has 0 aliphatic rings. The Morgan fingerprint density at radius 2 is 1.38 bits per heavy atom. The monoisotopic (exact) mass is 309 g/mol. The van der Waals surface area contributed by atoms with E-state index in [2.05, 4.69) is 90.8 Å². The third-order valence-corrected chi connectivity index (χ3v) is 4.61. The first-order valence-electron chi connectivity index (χ1n) is 8.31. The molecule has 4 rings (SSSR count). The molecule has 1 nitrogen and oxygen atoms in total. The maximum absolute atomic E-state index is 4.65. The van der Waals surface area contributed by atoms with Crippen molar-refractivity contribution in [3.05, 3.63) is 102 Å². The van der Waals surface area contributed by atoms with Gasteiger partial charge >= 0.3 is 0 Å². The first-order chi connectivity index (χ1) is 11.8. The molecule has 0 N–H and O–H groups in total. The Kier molecular flexibility index (Phi) is 3.84. The van der Waals surface area contributed by atoms with Gasteiger partial charge in [0.1, 0.15) is 0 Å². The summed E-state index contributed by atoms with van der Waals surface area (Å²) in [7, 11) is 0. The molecular weight excluding hydrogens is 290 g/mol. The number of aromatic nitrogens is 1. The van der Waals surface area contributed by atoms with Crippen molar-refractivity contribution in [2.45, 2.75) is 12.8 Å². The highest BCUT2D eigenvalue weighted by molar-refractivity contribution is 5.85. The maximum atomic E-state index is 4.65. The smallest absolute Gasteiger partial charge is 0.0708 e. The fraction of sp³-hybridized carbons (Fsp3) is 0.0870. The number of nitrogens with zero attached hydrogens (tertiary/aromatic N) is 1. The standard InChI is InChI=1S/C23H19N/c1-17(18-8-3-2-4-9-18)19-12-7-13-21(14-19)23-15-20-10-5-6-11-22(20)16-24-23/h2-17H,1H3. The highest BCUT2D eigenvalue weighted by Gasteiger charge is 2.09. The second-order valence-electron chi connectivity index (χ2n) is 6.17. The van der Waals surface area contributed by atoms with Crippen molar-refractivity contribution in [2.75, 3.05) is 0 Å². The Bertz CT molecular complexity index is 973. The van der Waals surface area contributed by atoms with E-state index in [1.54, 1.807) is 0 Å². The average molecular weight is 309 g/mol. The fourth-order valence-corrected chi connectivity index (χ4v) is 3.14. The number of benzene rings is 3. The Balaban J connectivity index is 1.73. The summed E-state index contributed by atoms with van der Waals surface area (Å²) < 4.78 is 0. The van der Waals surface area contributed by atoms with E-state index in [4.69, 9.17) is 0 Å². The van der Waals surface area contributed by atoms with Gasteiger partial charge in [-0.1, -0.05) is 79.7 Å². The molecule has 0 saturated carbocycles. The normalized spacial score (nSPS) is 12.2. The molecule has 0 saturated heterocycles. The summed E-state index contributed by atoms with van der Waals surface area (Å²) >= 11 is 0. The number of fused-ring (bicyclic) bond motifs is 1. The van der Waals surface area contributed by atoms with E-state index in [-0.39, 0.29) is 0 Å². The van der Waals surface area contributed by atoms with Crippen molar-refractivity contribution in [3.63, 3.8) is 0 Å². The minimum absolute atomic E-state index is 0.367. The molecule has 4 aromatic rings. The van der Waals surface area contributed by atoms with E-state index in [1.165, 1.54) is 27.5 Å². The summed E-state index contributed by atoms with van der Waals surface area (Å²) in [5.41, 5.74) is 4.84. The Hall–Kier alpha value is -2.93. The van der Waals surface area contributed by atoms with Gasteiger partial charge in [-0.05, 0) is 28.6 Å². The van der Waals surface area contributed by atoms with Crippen LogP contribution >= 0.6 is 0 Å². The van der Waals surface area contributed by atoms with Crippen LogP contribution in [0.25, 0.3) is 22.0 Å². The molecule has 0 amide bonds. The van der Waals surface area contributed by atoms with Crippen molar-refractivity contribution in [1.29, 1.82) is 0 Å². The summed E-state index contributed by atoms with van der Waals surface area (Å²) in [5.74, 6) is 0.367. The van der Waals surface area contributed by atoms with E-state index in [0.717, 1.165) is 5.69 Å². The van der Waals surface area contributed by atoms with Crippen LogP contribution in [-0.4, -0.2) is 4.98 Å². The fourth-order valence-electron chi connectivity index (χ4n) is 3.14. The minimum Gasteiger partial charge on any atom is -0.256 e. The molecule has 1 atom stereocenters. The zero-order valence-corrected chi connectivity index (χ0v) is 13.7. The molecule has 0 fully saturated rings. The summed E-state index contributed by atoms with van der Waals surface area (Å²) in [6.45, 7) is 2.25. The Morgan fingerprint density at radius 1 is 0.667 bits per heavy atom. The van der Waals surface area contributed by atoms with Crippen molar-refractivity contribution < 1.29 is 0 Å². The first kappa shape index (κ1) is 14.6. The van der Waals surface area contributed by atoms with Crippen molar-refractivity contribution in [2.24, 2.45) is 0 Å². The third kappa shape index (κ3) is 2.81. The van der Waals surface area contributed by atoms with Crippen LogP contribution in [0.1, 0.15) is 24.0 Å². The van der Waals surface area contributed by atoms with Gasteiger partial charge in [-0.3, -0.25) is 4.98 Å². The quantitative estimate of drug-likeness (QED) is 0.448. The second kappa shape index (κ2) is 6.29. The average Bonchev–Trinajstić information content (AvgIpc) is 2.68. The van der Waals surface area contributed by atoms with Crippen LogP contribution in [0, 0.1) is 0 Å². The number of pyridine rings is 1. The summed E-state index contributed by atoms with van der Waals surface area (Å²) in [4.78, 5) is 4.65. The largest absolute Gasteiger partial charge is 0.256 e. The van der Waals surface area contributed by atoms with Gasteiger partial charge in [0.25, 0.3) is 0 Å². The summed E-state index contributed by atoms with van der Waals surface area (Å²) in [5, 5.41) is 2.40. The zero-order valence-electron chi connectivity index (χ0n) is 13.7. The van der Waals surface area contributed by atoms with Crippen molar-refractivity contribution in [1.82, 2.24) is 4.98 Å². The van der Waals surface area contributed by atoms with Gasteiger partial charge < -0.3 is 0 Å². The van der Waals surface area contributed by atoms with Gasteiger partial charge in [-0.25, -0.2) is 0 Å². The molecule has 0 aliphatic carbocycles. The van der Waals surface area contributed by atoms with E-state index in [1.807, 2.05) is 12.3 Å². The van der Waals surface area contributed by atoms with Crippen LogP contribution in [0.4, 0.5) is 0 Å². The molecule has 0 spiro atoms. The number of hydrogen-bond donors (Lipinski definition) is 0. The lowest BCUT2D eigenvalue weighted by molar-refractivity contribution is 0.923. The SMILES string of the molecule is CC(c1ccccc1)c1cccc(-c2cc3ccccc3cn2)c1. The topological polar surface area (TPSA) is 12.9 Å². The van der Waals surface area contributed by atoms with E-state index in [0.29, 0.717) is 5.92 Å². The molecule has 0 radical (unpaired) electrons. The Morgan fingerprint density at radius 3 is 2.21 bits per heavy atom. The summed E-state index contributed by atoms with van der Waals surface area (Å²) in [6.07, 6.45) is 1.96. The van der Waals surface area contributed by atoms with Crippen LogP contribution in [0.15, 0.2) is 91.1 Å². The molecule has 0 bridgehead atoms. The third-order valence-electron chi connectivity index (χ3n) is 4.61. The van der Waals surface area contributed by atoms with Crippen LogP contribution < -0.4 is 0 Å². The first-order valence-corrected chi connectivity index (χ1v) is 8.31. The lowest BCUT2D eigenvalue weighted by atomic mass is 9.91. The predicted octanol–water partition coefficient (Wildman–Crippen LogP) is 6.05. The molecule has 3 aromatic carbocycles. The van der Waals surface area contributed by atoms with Gasteiger partial charge in [0.15, 0.2) is 0 Å². The molecule has 24 heavy (non-hydrogen) atoms. The van der Waals surface area contributed by atoms with Gasteiger partial charge in [0.05, 0.1) is 5.69 Å².